The van der Waals surface area contributed by atoms with Crippen LogP contribution in [0.2, 0.25) is 5.02 Å². The van der Waals surface area contributed by atoms with Gasteiger partial charge in [0.05, 0.1) is 10.6 Å². The van der Waals surface area contributed by atoms with Gasteiger partial charge in [-0.05, 0) is 69.0 Å². The molecule has 0 bridgehead atoms. The smallest absolute Gasteiger partial charge is 0.264 e. The van der Waals surface area contributed by atoms with E-state index in [1.54, 1.807) is 30.3 Å². The number of carbonyl (C=O) groups excluding carboxylic acids is 2. The highest BCUT2D eigenvalue weighted by Crippen LogP contribution is 2.29. The quantitative estimate of drug-likeness (QED) is 0.238. The van der Waals surface area contributed by atoms with Crippen molar-refractivity contribution in [3.63, 3.8) is 0 Å². The van der Waals surface area contributed by atoms with Crippen molar-refractivity contribution in [1.29, 1.82) is 0 Å². The van der Waals surface area contributed by atoms with E-state index >= 15 is 0 Å². The lowest BCUT2D eigenvalue weighted by Gasteiger charge is -2.33. The topological polar surface area (TPSA) is 86.8 Å². The van der Waals surface area contributed by atoms with Crippen LogP contribution in [0.1, 0.15) is 55.4 Å². The number of hydrogen-bond acceptors (Lipinski definition) is 4. The molecule has 1 atom stereocenters. The first-order valence-corrected chi connectivity index (χ1v) is 15.8. The van der Waals surface area contributed by atoms with Crippen molar-refractivity contribution >= 4 is 39.1 Å². The average Bonchev–Trinajstić information content (AvgIpc) is 2.93. The number of anilines is 1. The maximum Gasteiger partial charge on any atom is 0.264 e. The number of nitrogens with one attached hydrogen (secondary N) is 1. The predicted molar refractivity (Wildman–Crippen MR) is 166 cm³/mol. The highest BCUT2D eigenvalue weighted by molar-refractivity contribution is 7.92. The number of unbranched alkanes of at least 4 members (excludes halogenated alkanes) is 1. The van der Waals surface area contributed by atoms with Crippen molar-refractivity contribution < 1.29 is 18.0 Å². The molecule has 0 aliphatic carbocycles. The van der Waals surface area contributed by atoms with Gasteiger partial charge in [0.2, 0.25) is 11.8 Å². The fourth-order valence-electron chi connectivity index (χ4n) is 4.54. The van der Waals surface area contributed by atoms with E-state index in [1.165, 1.54) is 17.0 Å². The number of halogens is 1. The van der Waals surface area contributed by atoms with Crippen LogP contribution in [-0.2, 0) is 26.2 Å². The van der Waals surface area contributed by atoms with Crippen molar-refractivity contribution in [2.24, 2.45) is 0 Å². The Kier molecular flexibility index (Phi) is 11.4. The Morgan fingerprint density at radius 3 is 2.24 bits per heavy atom. The Labute approximate surface area is 249 Å². The summed E-state index contributed by atoms with van der Waals surface area (Å²) in [4.78, 5) is 29.0. The Hall–Kier alpha value is -3.36. The number of nitrogens with zero attached hydrogens (tertiary/aromatic N) is 2. The van der Waals surface area contributed by atoms with Gasteiger partial charge in [0, 0.05) is 18.1 Å². The van der Waals surface area contributed by atoms with E-state index in [4.69, 9.17) is 11.6 Å². The maximum atomic E-state index is 14.1. The Bertz CT molecular complexity index is 1460. The molecule has 0 saturated carbocycles. The van der Waals surface area contributed by atoms with Crippen molar-refractivity contribution in [3.05, 3.63) is 94.0 Å². The van der Waals surface area contributed by atoms with Gasteiger partial charge in [-0.1, -0.05) is 85.5 Å². The molecule has 0 radical (unpaired) electrons. The predicted octanol–water partition coefficient (Wildman–Crippen LogP) is 6.18. The third-order valence-corrected chi connectivity index (χ3v) is 9.18. The Morgan fingerprint density at radius 2 is 1.63 bits per heavy atom. The molecule has 220 valence electrons. The minimum absolute atomic E-state index is 0.0576. The van der Waals surface area contributed by atoms with E-state index in [1.807, 2.05) is 58.9 Å². The van der Waals surface area contributed by atoms with E-state index in [2.05, 4.69) is 5.32 Å². The van der Waals surface area contributed by atoms with E-state index in [0.29, 0.717) is 18.0 Å². The lowest BCUT2D eigenvalue weighted by atomic mass is 10.1. The molecule has 1 N–H and O–H groups in total. The summed E-state index contributed by atoms with van der Waals surface area (Å²) in [5.41, 5.74) is 3.84. The van der Waals surface area contributed by atoms with Crippen LogP contribution >= 0.6 is 11.6 Å². The number of aryl methyl sites for hydroxylation is 3. The SMILES string of the molecule is CCCCNC(=O)[C@H](CC)N(Cc1cccc(C)c1)C(=O)CN(c1ccc(C)c(Cl)c1)S(=O)(=O)c1ccc(C)cc1. The lowest BCUT2D eigenvalue weighted by Crippen LogP contribution is -2.52. The molecule has 0 aliphatic rings. The summed E-state index contributed by atoms with van der Waals surface area (Å²) in [6.45, 7) is 9.71. The molecule has 3 aromatic rings. The van der Waals surface area contributed by atoms with Gasteiger partial charge in [-0.3, -0.25) is 13.9 Å². The summed E-state index contributed by atoms with van der Waals surface area (Å²) >= 11 is 6.40. The van der Waals surface area contributed by atoms with E-state index in [9.17, 15) is 18.0 Å². The molecule has 0 fully saturated rings. The van der Waals surface area contributed by atoms with Crippen molar-refractivity contribution in [3.8, 4) is 0 Å². The minimum atomic E-state index is -4.15. The fourth-order valence-corrected chi connectivity index (χ4v) is 6.12. The van der Waals surface area contributed by atoms with Crippen LogP contribution in [0.15, 0.2) is 71.6 Å². The first kappa shape index (κ1) is 32.2. The second-order valence-corrected chi connectivity index (χ2v) is 12.6. The molecule has 0 heterocycles. The van der Waals surface area contributed by atoms with E-state index in [0.717, 1.165) is 39.4 Å². The molecule has 0 unspecified atom stereocenters. The molecular formula is C32H40ClN3O4S. The second-order valence-electron chi connectivity index (χ2n) is 10.3. The van der Waals surface area contributed by atoms with Crippen LogP contribution in [0.4, 0.5) is 5.69 Å². The zero-order chi connectivity index (χ0) is 30.2. The summed E-state index contributed by atoms with van der Waals surface area (Å²) < 4.78 is 29.0. The second kappa shape index (κ2) is 14.5. The summed E-state index contributed by atoms with van der Waals surface area (Å²) in [5, 5.41) is 3.33. The highest BCUT2D eigenvalue weighted by Gasteiger charge is 2.33. The van der Waals surface area contributed by atoms with Gasteiger partial charge in [-0.25, -0.2) is 8.42 Å². The molecule has 9 heteroatoms. The van der Waals surface area contributed by atoms with E-state index in [-0.39, 0.29) is 23.0 Å². The van der Waals surface area contributed by atoms with Gasteiger partial charge in [-0.2, -0.15) is 0 Å². The third-order valence-electron chi connectivity index (χ3n) is 6.98. The van der Waals surface area contributed by atoms with Gasteiger partial charge in [0.1, 0.15) is 12.6 Å². The van der Waals surface area contributed by atoms with E-state index < -0.39 is 28.5 Å². The minimum Gasteiger partial charge on any atom is -0.354 e. The zero-order valence-corrected chi connectivity index (χ0v) is 26.1. The Balaban J connectivity index is 2.06. The van der Waals surface area contributed by atoms with Gasteiger partial charge in [0.25, 0.3) is 10.0 Å². The normalized spacial score (nSPS) is 12.0. The molecule has 3 rings (SSSR count). The highest BCUT2D eigenvalue weighted by atomic mass is 35.5. The molecule has 0 saturated heterocycles. The van der Waals surface area contributed by atoms with Crippen LogP contribution < -0.4 is 9.62 Å². The molecule has 0 spiro atoms. The van der Waals surface area contributed by atoms with Gasteiger partial charge in [-0.15, -0.1) is 0 Å². The molecule has 0 aliphatic heterocycles. The van der Waals surface area contributed by atoms with Crippen molar-refractivity contribution in [2.45, 2.75) is 71.4 Å². The molecule has 2 amide bonds. The standard InChI is InChI=1S/C32H40ClN3O4S/c1-6-8-18-34-32(38)30(7-2)35(21-26-11-9-10-24(4)19-26)31(37)22-36(27-15-14-25(5)29(33)20-27)41(39,40)28-16-12-23(3)13-17-28/h9-17,19-20,30H,6-8,18,21-22H2,1-5H3,(H,34,38)/t30-/m0/s1. The summed E-state index contributed by atoms with van der Waals surface area (Å²) in [6.07, 6.45) is 2.12. The van der Waals surface area contributed by atoms with Crippen molar-refractivity contribution in [2.75, 3.05) is 17.4 Å². The van der Waals surface area contributed by atoms with Crippen LogP contribution in [0, 0.1) is 20.8 Å². The fraction of sp³-hybridized carbons (Fsp3) is 0.375. The zero-order valence-electron chi connectivity index (χ0n) is 24.5. The summed E-state index contributed by atoms with van der Waals surface area (Å²) in [5.74, 6) is -0.746. The maximum absolute atomic E-state index is 14.1. The molecular weight excluding hydrogens is 558 g/mol. The number of sulfonamides is 1. The third kappa shape index (κ3) is 8.33. The molecule has 0 aromatic heterocycles. The first-order chi connectivity index (χ1) is 19.5. The Morgan fingerprint density at radius 1 is 0.927 bits per heavy atom. The summed E-state index contributed by atoms with van der Waals surface area (Å²) in [6, 6.07) is 18.3. The number of hydrogen-bond donors (Lipinski definition) is 1. The average molecular weight is 598 g/mol. The van der Waals surface area contributed by atoms with Crippen molar-refractivity contribution in [1.82, 2.24) is 10.2 Å². The monoisotopic (exact) mass is 597 g/mol. The number of amides is 2. The van der Waals surface area contributed by atoms with Crippen LogP contribution in [-0.4, -0.2) is 44.3 Å². The first-order valence-electron chi connectivity index (χ1n) is 14.0. The largest absolute Gasteiger partial charge is 0.354 e. The molecule has 3 aromatic carbocycles. The van der Waals surface area contributed by atoms with Crippen LogP contribution in [0.3, 0.4) is 0 Å². The number of rotatable bonds is 13. The number of carbonyl (C=O) groups is 2. The van der Waals surface area contributed by atoms with Gasteiger partial charge in [0.15, 0.2) is 0 Å². The summed E-state index contributed by atoms with van der Waals surface area (Å²) in [7, 11) is -4.15. The van der Waals surface area contributed by atoms with Crippen LogP contribution in [0.5, 0.6) is 0 Å². The van der Waals surface area contributed by atoms with Gasteiger partial charge >= 0.3 is 0 Å². The molecule has 41 heavy (non-hydrogen) atoms. The lowest BCUT2D eigenvalue weighted by molar-refractivity contribution is -0.140. The van der Waals surface area contributed by atoms with Gasteiger partial charge < -0.3 is 10.2 Å². The van der Waals surface area contributed by atoms with Crippen LogP contribution in [0.25, 0.3) is 0 Å². The number of benzene rings is 3. The molecule has 7 nitrogen and oxygen atoms in total.